The van der Waals surface area contributed by atoms with Crippen molar-refractivity contribution in [3.63, 3.8) is 0 Å². The van der Waals surface area contributed by atoms with Crippen LogP contribution in [0.5, 0.6) is 11.5 Å². The fraction of sp³-hybridized carbons (Fsp3) is 0.292. The minimum atomic E-state index is -0.538. The Morgan fingerprint density at radius 3 is 3.00 bits per heavy atom. The Kier molecular flexibility index (Phi) is 5.75. The van der Waals surface area contributed by atoms with Gasteiger partial charge in [0.2, 0.25) is 0 Å². The largest absolute Gasteiger partial charge is 0.493 e. The third kappa shape index (κ3) is 4.45. The Morgan fingerprint density at radius 1 is 1.35 bits per heavy atom. The van der Waals surface area contributed by atoms with E-state index >= 15 is 0 Å². The van der Waals surface area contributed by atoms with Gasteiger partial charge in [0.05, 0.1) is 12.3 Å². The van der Waals surface area contributed by atoms with Crippen LogP contribution in [0.25, 0.3) is 11.7 Å². The van der Waals surface area contributed by atoms with Crippen LogP contribution in [0, 0.1) is 6.92 Å². The lowest BCUT2D eigenvalue weighted by Gasteiger charge is -2.10. The number of carbonyl (C=O) groups excluding carboxylic acids is 1. The van der Waals surface area contributed by atoms with Crippen LogP contribution >= 0.6 is 0 Å². The fourth-order valence-corrected chi connectivity index (χ4v) is 3.60. The van der Waals surface area contributed by atoms with Gasteiger partial charge in [0.15, 0.2) is 0 Å². The molecule has 7 heteroatoms. The Bertz CT molecular complexity index is 1230. The van der Waals surface area contributed by atoms with E-state index in [-0.39, 0.29) is 18.3 Å². The molecule has 0 spiro atoms. The van der Waals surface area contributed by atoms with Crippen molar-refractivity contribution in [1.82, 2.24) is 9.38 Å². The van der Waals surface area contributed by atoms with Crippen molar-refractivity contribution in [2.75, 3.05) is 6.61 Å². The second kappa shape index (κ2) is 8.63. The van der Waals surface area contributed by atoms with Crippen LogP contribution in [0.15, 0.2) is 47.4 Å². The molecule has 0 amide bonds. The van der Waals surface area contributed by atoms with Crippen molar-refractivity contribution < 1.29 is 19.0 Å². The Balaban J connectivity index is 1.48. The van der Waals surface area contributed by atoms with E-state index in [0.717, 1.165) is 28.9 Å². The molecular weight excluding hydrogens is 396 g/mol. The highest BCUT2D eigenvalue weighted by molar-refractivity contribution is 5.87. The molecule has 0 N–H and O–H groups in total. The zero-order valence-electron chi connectivity index (χ0n) is 17.8. The molecular formula is C24H24N2O5. The van der Waals surface area contributed by atoms with E-state index in [1.807, 2.05) is 39.0 Å². The molecule has 3 heterocycles. The number of benzene rings is 1. The summed E-state index contributed by atoms with van der Waals surface area (Å²) < 4.78 is 18.3. The summed E-state index contributed by atoms with van der Waals surface area (Å²) in [7, 11) is 0. The van der Waals surface area contributed by atoms with Crippen LogP contribution in [0.4, 0.5) is 0 Å². The molecule has 1 aliphatic rings. The van der Waals surface area contributed by atoms with E-state index in [9.17, 15) is 9.59 Å². The lowest BCUT2D eigenvalue weighted by atomic mass is 10.1. The van der Waals surface area contributed by atoms with Gasteiger partial charge in [-0.25, -0.2) is 9.78 Å². The van der Waals surface area contributed by atoms with Crippen LogP contribution in [-0.2, 0) is 22.6 Å². The van der Waals surface area contributed by atoms with Crippen LogP contribution in [0.1, 0.15) is 36.2 Å². The van der Waals surface area contributed by atoms with Crippen molar-refractivity contribution in [2.45, 2.75) is 39.9 Å². The number of fused-ring (bicyclic) bond motifs is 2. The smallest absolute Gasteiger partial charge is 0.331 e. The first-order valence-corrected chi connectivity index (χ1v) is 10.2. The van der Waals surface area contributed by atoms with Gasteiger partial charge >= 0.3 is 5.97 Å². The number of aryl methyl sites for hydroxylation is 1. The topological polar surface area (TPSA) is 79.1 Å². The minimum absolute atomic E-state index is 0.0909. The maximum absolute atomic E-state index is 12.3. The van der Waals surface area contributed by atoms with Gasteiger partial charge in [-0.1, -0.05) is 6.07 Å². The average Bonchev–Trinajstić information content (AvgIpc) is 3.10. The third-order valence-electron chi connectivity index (χ3n) is 5.03. The van der Waals surface area contributed by atoms with Crippen molar-refractivity contribution in [3.05, 3.63) is 75.3 Å². The predicted molar refractivity (Wildman–Crippen MR) is 116 cm³/mol. The maximum Gasteiger partial charge on any atom is 0.331 e. The summed E-state index contributed by atoms with van der Waals surface area (Å²) in [5.74, 6) is 0.965. The molecule has 1 atom stereocenters. The molecule has 1 aliphatic heterocycles. The Hall–Kier alpha value is -3.61. The number of rotatable bonds is 6. The summed E-state index contributed by atoms with van der Waals surface area (Å²) in [4.78, 5) is 29.0. The number of esters is 1. The lowest BCUT2D eigenvalue weighted by Crippen LogP contribution is -2.17. The van der Waals surface area contributed by atoms with E-state index in [1.54, 1.807) is 18.3 Å². The molecule has 0 bridgehead atoms. The average molecular weight is 420 g/mol. The molecule has 0 aliphatic carbocycles. The molecule has 1 aromatic carbocycles. The van der Waals surface area contributed by atoms with Crippen molar-refractivity contribution in [2.24, 2.45) is 0 Å². The van der Waals surface area contributed by atoms with E-state index < -0.39 is 5.97 Å². The van der Waals surface area contributed by atoms with Gasteiger partial charge in [0.1, 0.15) is 29.9 Å². The first-order chi connectivity index (χ1) is 14.9. The normalized spacial score (nSPS) is 15.1. The van der Waals surface area contributed by atoms with E-state index in [2.05, 4.69) is 4.98 Å². The highest BCUT2D eigenvalue weighted by Crippen LogP contribution is 2.35. The fourth-order valence-electron chi connectivity index (χ4n) is 3.60. The number of hydrogen-bond acceptors (Lipinski definition) is 6. The second-order valence-electron chi connectivity index (χ2n) is 7.47. The lowest BCUT2D eigenvalue weighted by molar-refractivity contribution is -0.139. The molecule has 3 aromatic rings. The first kappa shape index (κ1) is 20.7. The molecule has 0 saturated heterocycles. The molecule has 0 saturated carbocycles. The Morgan fingerprint density at radius 2 is 2.19 bits per heavy atom. The highest BCUT2D eigenvalue weighted by Gasteiger charge is 2.21. The molecule has 7 nitrogen and oxygen atoms in total. The van der Waals surface area contributed by atoms with Gasteiger partial charge in [-0.2, -0.15) is 0 Å². The van der Waals surface area contributed by atoms with Crippen LogP contribution in [-0.4, -0.2) is 28.1 Å². The molecule has 2 aromatic heterocycles. The number of hydrogen-bond donors (Lipinski definition) is 0. The third-order valence-corrected chi connectivity index (χ3v) is 5.03. The number of ether oxygens (including phenoxy) is 3. The zero-order valence-corrected chi connectivity index (χ0v) is 17.8. The molecule has 0 unspecified atom stereocenters. The van der Waals surface area contributed by atoms with Crippen LogP contribution in [0.3, 0.4) is 0 Å². The van der Waals surface area contributed by atoms with E-state index in [4.69, 9.17) is 14.2 Å². The highest BCUT2D eigenvalue weighted by atomic mass is 16.5. The van der Waals surface area contributed by atoms with Crippen LogP contribution in [0.2, 0.25) is 0 Å². The van der Waals surface area contributed by atoms with Crippen LogP contribution < -0.4 is 15.0 Å². The summed E-state index contributed by atoms with van der Waals surface area (Å²) in [5, 5.41) is 0. The van der Waals surface area contributed by atoms with Crippen molar-refractivity contribution >= 4 is 17.7 Å². The second-order valence-corrected chi connectivity index (χ2v) is 7.47. The van der Waals surface area contributed by atoms with Gasteiger partial charge in [-0.05, 0) is 50.6 Å². The van der Waals surface area contributed by atoms with Gasteiger partial charge in [-0.3, -0.25) is 9.20 Å². The standard InChI is InChI=1S/C24H24N2O5/c1-4-29-20-12-18-10-16(3)31-21(18)11-17(20)7-8-23(28)30-14-19-13-22(27)26-9-5-6-15(2)24(26)25-19/h5-9,11-13,16H,4,10,14H2,1-3H3/b8-7+/t16-/m0/s1. The SMILES string of the molecule is CCOc1cc2c(cc1/C=C/C(=O)OCc1cc(=O)n3cccc(C)c3n1)O[C@@H](C)C2. The molecule has 160 valence electrons. The van der Waals surface area contributed by atoms with Gasteiger partial charge in [-0.15, -0.1) is 0 Å². The Labute approximate surface area is 179 Å². The quantitative estimate of drug-likeness (QED) is 0.449. The van der Waals surface area contributed by atoms with Gasteiger partial charge < -0.3 is 14.2 Å². The van der Waals surface area contributed by atoms with Gasteiger partial charge in [0.25, 0.3) is 5.56 Å². The van der Waals surface area contributed by atoms with E-state index in [1.165, 1.54) is 16.5 Å². The summed E-state index contributed by atoms with van der Waals surface area (Å²) in [6.07, 6.45) is 5.59. The van der Waals surface area contributed by atoms with Crippen molar-refractivity contribution in [3.8, 4) is 11.5 Å². The number of nitrogens with zero attached hydrogens (tertiary/aromatic N) is 2. The minimum Gasteiger partial charge on any atom is -0.493 e. The molecule has 4 rings (SSSR count). The first-order valence-electron chi connectivity index (χ1n) is 10.2. The maximum atomic E-state index is 12.3. The zero-order chi connectivity index (χ0) is 22.0. The summed E-state index contributed by atoms with van der Waals surface area (Å²) in [6.45, 7) is 6.23. The number of carbonyl (C=O) groups is 1. The summed E-state index contributed by atoms with van der Waals surface area (Å²) in [5.41, 5.74) is 3.43. The summed E-state index contributed by atoms with van der Waals surface area (Å²) in [6, 6.07) is 8.87. The van der Waals surface area contributed by atoms with E-state index in [0.29, 0.717) is 23.7 Å². The predicted octanol–water partition coefficient (Wildman–Crippen LogP) is 3.48. The monoisotopic (exact) mass is 420 g/mol. The van der Waals surface area contributed by atoms with Gasteiger partial charge in [0, 0.05) is 35.9 Å². The number of aromatic nitrogens is 2. The van der Waals surface area contributed by atoms with Crippen molar-refractivity contribution in [1.29, 1.82) is 0 Å². The molecule has 31 heavy (non-hydrogen) atoms. The molecule has 0 radical (unpaired) electrons. The molecule has 0 fully saturated rings. The summed E-state index contributed by atoms with van der Waals surface area (Å²) >= 11 is 0. The number of pyridine rings is 1.